The number of hydrogen-bond acceptors (Lipinski definition) is 0. The first kappa shape index (κ1) is 8.79. The molecule has 0 nitrogen and oxygen atoms in total. The third kappa shape index (κ3) is 2.33. The number of hydrogen-bond donors (Lipinski definition) is 0. The summed E-state index contributed by atoms with van der Waals surface area (Å²) in [6, 6.07) is 7.60. The van der Waals surface area contributed by atoms with Crippen molar-refractivity contribution in [2.45, 2.75) is 26.7 Å². The van der Waals surface area contributed by atoms with Crippen LogP contribution in [0.4, 0.5) is 0 Å². The van der Waals surface area contributed by atoms with Crippen LogP contribution in [0.25, 0.3) is 0 Å². The summed E-state index contributed by atoms with van der Waals surface area (Å²) < 4.78 is 1.17. The van der Waals surface area contributed by atoms with Crippen molar-refractivity contribution in [2.24, 2.45) is 0 Å². The van der Waals surface area contributed by atoms with Gasteiger partial charge in [-0.2, -0.15) is 0 Å². The molecule has 1 rings (SSSR count). The molecule has 0 saturated carbocycles. The van der Waals surface area contributed by atoms with E-state index in [1.165, 1.54) is 15.6 Å². The van der Waals surface area contributed by atoms with Gasteiger partial charge < -0.3 is 0 Å². The van der Waals surface area contributed by atoms with Gasteiger partial charge in [0.2, 0.25) is 0 Å². The largest absolute Gasteiger partial charge is 0.0613 e. The summed E-state index contributed by atoms with van der Waals surface area (Å²) in [6.45, 7) is 4.30. The minimum absolute atomic E-state index is 1.06. The Hall–Kier alpha value is -0.300. The third-order valence-corrected chi connectivity index (χ3v) is 2.16. The predicted octanol–water partition coefficient (Wildman–Crippen LogP) is 3.37. The van der Waals surface area contributed by atoms with Crippen LogP contribution < -0.4 is 0 Å². The Morgan fingerprint density at radius 1 is 1.18 bits per heavy atom. The van der Waals surface area contributed by atoms with Crippen LogP contribution in [0.2, 0.25) is 0 Å². The molecule has 0 unspecified atom stereocenters. The maximum atomic E-state index is 3.47. The quantitative estimate of drug-likeness (QED) is 0.704. The Kier molecular flexibility index (Phi) is 3.13. The molecular formula is C10H12Br. The fraction of sp³-hybridized carbons (Fsp3) is 0.400. The van der Waals surface area contributed by atoms with Crippen LogP contribution in [0.3, 0.4) is 0 Å². The second kappa shape index (κ2) is 3.91. The van der Waals surface area contributed by atoms with Gasteiger partial charge in [0, 0.05) is 4.47 Å². The molecule has 0 atom stereocenters. The second-order valence-corrected chi connectivity index (χ2v) is 3.47. The van der Waals surface area contributed by atoms with Crippen LogP contribution in [0, 0.1) is 6.07 Å². The lowest BCUT2D eigenvalue weighted by molar-refractivity contribution is 1.08. The summed E-state index contributed by atoms with van der Waals surface area (Å²) in [6.07, 6.45) is 2.12. The van der Waals surface area contributed by atoms with Crippen molar-refractivity contribution in [3.05, 3.63) is 33.8 Å². The SMILES string of the molecule is CCc1[c]c(CC)cc(Br)c1. The van der Waals surface area contributed by atoms with Crippen molar-refractivity contribution >= 4 is 15.9 Å². The highest BCUT2D eigenvalue weighted by Gasteiger charge is 1.95. The van der Waals surface area contributed by atoms with Crippen molar-refractivity contribution < 1.29 is 0 Å². The van der Waals surface area contributed by atoms with E-state index in [1.807, 2.05) is 0 Å². The van der Waals surface area contributed by atoms with E-state index in [9.17, 15) is 0 Å². The Bertz CT molecular complexity index is 218. The van der Waals surface area contributed by atoms with Gasteiger partial charge in [-0.05, 0) is 42.2 Å². The van der Waals surface area contributed by atoms with E-state index in [-0.39, 0.29) is 0 Å². The van der Waals surface area contributed by atoms with Crippen LogP contribution >= 0.6 is 15.9 Å². The van der Waals surface area contributed by atoms with Gasteiger partial charge in [-0.1, -0.05) is 29.8 Å². The molecule has 0 aromatic heterocycles. The number of benzene rings is 1. The molecule has 0 aliphatic heterocycles. The van der Waals surface area contributed by atoms with Crippen LogP contribution in [-0.4, -0.2) is 0 Å². The van der Waals surface area contributed by atoms with Gasteiger partial charge in [-0.25, -0.2) is 0 Å². The monoisotopic (exact) mass is 211 g/mol. The summed E-state index contributed by atoms with van der Waals surface area (Å²) in [5.41, 5.74) is 2.58. The number of halogens is 1. The van der Waals surface area contributed by atoms with Crippen molar-refractivity contribution in [1.82, 2.24) is 0 Å². The third-order valence-electron chi connectivity index (χ3n) is 1.71. The average Bonchev–Trinajstić information content (AvgIpc) is 2.03. The highest BCUT2D eigenvalue weighted by molar-refractivity contribution is 9.10. The summed E-state index contributed by atoms with van der Waals surface area (Å²) in [7, 11) is 0. The van der Waals surface area contributed by atoms with Gasteiger partial charge in [0.05, 0.1) is 0 Å². The summed E-state index contributed by atoms with van der Waals surface area (Å²) in [5, 5.41) is 0. The van der Waals surface area contributed by atoms with Crippen molar-refractivity contribution in [3.63, 3.8) is 0 Å². The summed E-state index contributed by atoms with van der Waals surface area (Å²) in [5.74, 6) is 0. The fourth-order valence-corrected chi connectivity index (χ4v) is 1.59. The van der Waals surface area contributed by atoms with E-state index >= 15 is 0 Å². The van der Waals surface area contributed by atoms with Crippen molar-refractivity contribution in [2.75, 3.05) is 0 Å². The molecule has 0 bridgehead atoms. The van der Waals surface area contributed by atoms with E-state index in [0.717, 1.165) is 12.8 Å². The topological polar surface area (TPSA) is 0 Å². The molecule has 1 aromatic rings. The molecule has 0 aliphatic carbocycles. The molecule has 11 heavy (non-hydrogen) atoms. The summed E-state index contributed by atoms with van der Waals surface area (Å²) >= 11 is 3.47. The van der Waals surface area contributed by atoms with Crippen LogP contribution in [0.1, 0.15) is 25.0 Å². The minimum Gasteiger partial charge on any atom is -0.0613 e. The zero-order valence-corrected chi connectivity index (χ0v) is 8.53. The van der Waals surface area contributed by atoms with E-state index in [4.69, 9.17) is 0 Å². The van der Waals surface area contributed by atoms with Crippen molar-refractivity contribution in [3.8, 4) is 0 Å². The van der Waals surface area contributed by atoms with E-state index in [1.54, 1.807) is 0 Å². The maximum absolute atomic E-state index is 3.47. The molecule has 1 aromatic carbocycles. The lowest BCUT2D eigenvalue weighted by Gasteiger charge is -2.01. The molecule has 1 radical (unpaired) electrons. The first-order chi connectivity index (χ1) is 5.26. The molecule has 0 heterocycles. The summed E-state index contributed by atoms with van der Waals surface area (Å²) in [4.78, 5) is 0. The number of rotatable bonds is 2. The molecule has 0 amide bonds. The Labute approximate surface area is 76.8 Å². The minimum atomic E-state index is 1.06. The van der Waals surface area contributed by atoms with Crippen LogP contribution in [-0.2, 0) is 12.8 Å². The van der Waals surface area contributed by atoms with Gasteiger partial charge in [-0.15, -0.1) is 0 Å². The zero-order valence-electron chi connectivity index (χ0n) is 6.95. The van der Waals surface area contributed by atoms with E-state index < -0.39 is 0 Å². The van der Waals surface area contributed by atoms with Crippen LogP contribution in [0.15, 0.2) is 16.6 Å². The van der Waals surface area contributed by atoms with Gasteiger partial charge in [0.15, 0.2) is 0 Å². The lowest BCUT2D eigenvalue weighted by Crippen LogP contribution is -1.86. The van der Waals surface area contributed by atoms with Gasteiger partial charge in [-0.3, -0.25) is 0 Å². The Balaban J connectivity index is 3.02. The van der Waals surface area contributed by atoms with E-state index in [0.29, 0.717) is 0 Å². The lowest BCUT2D eigenvalue weighted by atomic mass is 10.1. The fourth-order valence-electron chi connectivity index (χ4n) is 1.03. The van der Waals surface area contributed by atoms with Crippen LogP contribution in [0.5, 0.6) is 0 Å². The van der Waals surface area contributed by atoms with E-state index in [2.05, 4.69) is 48.0 Å². The molecule has 0 aliphatic rings. The highest BCUT2D eigenvalue weighted by atomic mass is 79.9. The van der Waals surface area contributed by atoms with Gasteiger partial charge >= 0.3 is 0 Å². The first-order valence-corrected chi connectivity index (χ1v) is 4.76. The molecule has 1 heteroatoms. The molecule has 0 saturated heterocycles. The molecule has 0 spiro atoms. The Morgan fingerprint density at radius 2 is 1.64 bits per heavy atom. The Morgan fingerprint density at radius 3 is 2.00 bits per heavy atom. The maximum Gasteiger partial charge on any atom is 0.0181 e. The molecular weight excluding hydrogens is 200 g/mol. The second-order valence-electron chi connectivity index (χ2n) is 2.56. The zero-order chi connectivity index (χ0) is 8.27. The molecule has 59 valence electrons. The van der Waals surface area contributed by atoms with Gasteiger partial charge in [0.25, 0.3) is 0 Å². The molecule has 0 N–H and O–H groups in total. The highest BCUT2D eigenvalue weighted by Crippen LogP contribution is 2.15. The smallest absolute Gasteiger partial charge is 0.0181 e. The normalized spacial score (nSPS) is 10.1. The average molecular weight is 212 g/mol. The molecule has 0 fully saturated rings. The standard InChI is InChI=1S/C10H12Br/c1-3-8-5-9(4-2)7-10(11)6-8/h6-7H,3-4H2,1-2H3. The van der Waals surface area contributed by atoms with Gasteiger partial charge in [0.1, 0.15) is 0 Å². The predicted molar refractivity (Wildman–Crippen MR) is 51.7 cm³/mol. The number of aryl methyl sites for hydroxylation is 2. The first-order valence-electron chi connectivity index (χ1n) is 3.97. The van der Waals surface area contributed by atoms with Crippen molar-refractivity contribution in [1.29, 1.82) is 0 Å².